The predicted octanol–water partition coefficient (Wildman–Crippen LogP) is 4.89. The normalized spacial score (nSPS) is 15.5. The lowest BCUT2D eigenvalue weighted by Crippen LogP contribution is -2.28. The van der Waals surface area contributed by atoms with Gasteiger partial charge in [-0.2, -0.15) is 15.2 Å². The number of aliphatic hydroxyl groups excluding tert-OH is 1. The molecule has 0 saturated carbocycles. The van der Waals surface area contributed by atoms with Gasteiger partial charge in [0.25, 0.3) is 0 Å². The quantitative estimate of drug-likeness (QED) is 0.350. The molecule has 2 aromatic carbocycles. The number of anilines is 2. The summed E-state index contributed by atoms with van der Waals surface area (Å²) in [7, 11) is 0. The van der Waals surface area contributed by atoms with Crippen LogP contribution in [-0.4, -0.2) is 39.0 Å². The number of hydrogen-bond acceptors (Lipinski definition) is 9. The van der Waals surface area contributed by atoms with E-state index in [1.54, 1.807) is 0 Å². The molecule has 1 amide bonds. The third kappa shape index (κ3) is 4.63. The van der Waals surface area contributed by atoms with Crippen LogP contribution >= 0.6 is 22.7 Å². The van der Waals surface area contributed by atoms with E-state index in [4.69, 9.17) is 0 Å². The second kappa shape index (κ2) is 9.87. The minimum Gasteiger partial charge on any atom is -0.396 e. The van der Waals surface area contributed by atoms with Crippen molar-refractivity contribution < 1.29 is 9.90 Å². The van der Waals surface area contributed by atoms with Gasteiger partial charge in [0, 0.05) is 27.3 Å². The van der Waals surface area contributed by atoms with Crippen molar-refractivity contribution in [1.82, 2.24) is 9.97 Å². The minimum atomic E-state index is -0.373. The average Bonchev–Trinajstić information content (AvgIpc) is 3.60. The van der Waals surface area contributed by atoms with Crippen molar-refractivity contribution >= 4 is 50.3 Å². The number of aryl methyl sites for hydroxylation is 1. The fourth-order valence-corrected chi connectivity index (χ4v) is 5.28. The lowest BCUT2D eigenvalue weighted by atomic mass is 10.1. The van der Waals surface area contributed by atoms with Gasteiger partial charge in [0.15, 0.2) is 5.71 Å². The van der Waals surface area contributed by atoms with Crippen molar-refractivity contribution in [2.75, 3.05) is 17.0 Å². The van der Waals surface area contributed by atoms with Crippen LogP contribution < -0.4 is 10.4 Å². The van der Waals surface area contributed by atoms with E-state index in [1.165, 1.54) is 27.7 Å². The SMILES string of the molecule is Cc1sc(N/N=C2\C(=O)N(c3nc(-c4ccccc4)cs3)N=C2c2ccccc2)nc1C(C)CO. The molecule has 0 saturated heterocycles. The van der Waals surface area contributed by atoms with Crippen LogP contribution in [0.25, 0.3) is 11.3 Å². The molecular formula is C25H22N6O2S2. The number of nitrogens with one attached hydrogen (secondary N) is 1. The number of aromatic nitrogens is 2. The van der Waals surface area contributed by atoms with Crippen LogP contribution in [-0.2, 0) is 4.79 Å². The number of hydrazone groups is 2. The van der Waals surface area contributed by atoms with E-state index >= 15 is 0 Å². The molecule has 1 aliphatic heterocycles. The highest BCUT2D eigenvalue weighted by Gasteiger charge is 2.36. The molecule has 176 valence electrons. The molecule has 10 heteroatoms. The van der Waals surface area contributed by atoms with E-state index in [0.717, 1.165) is 27.4 Å². The van der Waals surface area contributed by atoms with Crippen LogP contribution in [0.5, 0.6) is 0 Å². The average molecular weight is 503 g/mol. The van der Waals surface area contributed by atoms with Crippen LogP contribution in [0.2, 0.25) is 0 Å². The smallest absolute Gasteiger partial charge is 0.303 e. The van der Waals surface area contributed by atoms with Crippen molar-refractivity contribution in [3.8, 4) is 11.3 Å². The summed E-state index contributed by atoms with van der Waals surface area (Å²) in [4.78, 5) is 23.6. The van der Waals surface area contributed by atoms with Gasteiger partial charge < -0.3 is 5.11 Å². The van der Waals surface area contributed by atoms with Gasteiger partial charge in [-0.25, -0.2) is 9.97 Å². The molecule has 0 aliphatic carbocycles. The van der Waals surface area contributed by atoms with Crippen LogP contribution in [0.3, 0.4) is 0 Å². The summed E-state index contributed by atoms with van der Waals surface area (Å²) in [6.07, 6.45) is 0. The molecule has 8 nitrogen and oxygen atoms in total. The second-order valence-corrected chi connectivity index (χ2v) is 9.97. The molecule has 0 radical (unpaired) electrons. The maximum Gasteiger partial charge on any atom is 0.303 e. The Bertz CT molecular complexity index is 1410. The van der Waals surface area contributed by atoms with Crippen molar-refractivity contribution in [2.24, 2.45) is 10.2 Å². The number of aliphatic hydroxyl groups is 1. The van der Waals surface area contributed by atoms with Crippen molar-refractivity contribution in [3.05, 3.63) is 82.2 Å². The molecule has 4 aromatic rings. The summed E-state index contributed by atoms with van der Waals surface area (Å²) >= 11 is 2.77. The standard InChI is InChI=1S/C25H22N6O2S2/c1-15(13-32)20-16(2)35-24(27-20)29-28-22-21(18-11-7-4-8-12-18)30-31(23(22)33)25-26-19(14-34-25)17-9-5-3-6-10-17/h3-12,14-15,32H,13H2,1-2H3,(H,27,29)/b28-22-. The number of hydrogen-bond donors (Lipinski definition) is 2. The Labute approximate surface area is 210 Å². The third-order valence-electron chi connectivity index (χ3n) is 5.45. The van der Waals surface area contributed by atoms with Gasteiger partial charge in [-0.3, -0.25) is 10.2 Å². The van der Waals surface area contributed by atoms with Crippen molar-refractivity contribution in [1.29, 1.82) is 0 Å². The Morgan fingerprint density at radius 1 is 1.06 bits per heavy atom. The van der Waals surface area contributed by atoms with Gasteiger partial charge in [0.1, 0.15) is 5.71 Å². The molecule has 2 N–H and O–H groups in total. The molecule has 1 unspecified atom stereocenters. The zero-order chi connectivity index (χ0) is 24.4. The summed E-state index contributed by atoms with van der Waals surface area (Å²) in [6.45, 7) is 3.87. The lowest BCUT2D eigenvalue weighted by molar-refractivity contribution is -0.112. The van der Waals surface area contributed by atoms with Crippen LogP contribution in [0.4, 0.5) is 10.3 Å². The first-order valence-corrected chi connectivity index (χ1v) is 12.7. The van der Waals surface area contributed by atoms with Crippen LogP contribution in [0.1, 0.15) is 29.0 Å². The van der Waals surface area contributed by atoms with E-state index in [1.807, 2.05) is 79.9 Å². The maximum atomic E-state index is 13.4. The number of rotatable bonds is 7. The largest absolute Gasteiger partial charge is 0.396 e. The lowest BCUT2D eigenvalue weighted by Gasteiger charge is -2.06. The Balaban J connectivity index is 1.48. The van der Waals surface area contributed by atoms with Gasteiger partial charge >= 0.3 is 5.91 Å². The molecule has 0 spiro atoms. The second-order valence-electron chi connectivity index (χ2n) is 7.93. The fraction of sp³-hybridized carbons (Fsp3) is 0.160. The highest BCUT2D eigenvalue weighted by Crippen LogP contribution is 2.31. The van der Waals surface area contributed by atoms with E-state index < -0.39 is 0 Å². The number of benzene rings is 2. The first-order chi connectivity index (χ1) is 17.0. The molecule has 3 heterocycles. The summed E-state index contributed by atoms with van der Waals surface area (Å²) in [6, 6.07) is 19.2. The number of nitrogens with zero attached hydrogens (tertiary/aromatic N) is 5. The maximum absolute atomic E-state index is 13.4. The minimum absolute atomic E-state index is 0.00950. The third-order valence-corrected chi connectivity index (χ3v) is 7.15. The highest BCUT2D eigenvalue weighted by molar-refractivity contribution is 7.15. The Morgan fingerprint density at radius 3 is 2.43 bits per heavy atom. The Hall–Kier alpha value is -3.73. The van der Waals surface area contributed by atoms with Crippen LogP contribution in [0, 0.1) is 6.92 Å². The van der Waals surface area contributed by atoms with Gasteiger partial charge in [0.2, 0.25) is 10.3 Å². The Kier molecular flexibility index (Phi) is 6.49. The summed E-state index contributed by atoms with van der Waals surface area (Å²) in [5.74, 6) is -0.453. The topological polar surface area (TPSA) is 103 Å². The first-order valence-electron chi connectivity index (χ1n) is 11.0. The van der Waals surface area contributed by atoms with Crippen molar-refractivity contribution in [3.63, 3.8) is 0 Å². The molecule has 1 atom stereocenters. The van der Waals surface area contributed by atoms with E-state index in [9.17, 15) is 9.90 Å². The van der Waals surface area contributed by atoms with Gasteiger partial charge in [0.05, 0.1) is 18.0 Å². The summed E-state index contributed by atoms with van der Waals surface area (Å²) in [5.41, 5.74) is 6.90. The molecular weight excluding hydrogens is 480 g/mol. The molecule has 5 rings (SSSR count). The fourth-order valence-electron chi connectivity index (χ4n) is 3.62. The molecule has 0 fully saturated rings. The number of thiazole rings is 2. The number of carbonyl (C=O) groups excluding carboxylic acids is 1. The van der Waals surface area contributed by atoms with E-state index in [-0.39, 0.29) is 24.1 Å². The zero-order valence-electron chi connectivity index (χ0n) is 19.0. The van der Waals surface area contributed by atoms with Crippen LogP contribution in [0.15, 0.2) is 76.2 Å². The van der Waals surface area contributed by atoms with Gasteiger partial charge in [-0.1, -0.05) is 67.6 Å². The molecule has 1 aliphatic rings. The number of amides is 1. The predicted molar refractivity (Wildman–Crippen MR) is 141 cm³/mol. The van der Waals surface area contributed by atoms with E-state index in [2.05, 4.69) is 25.6 Å². The molecule has 35 heavy (non-hydrogen) atoms. The molecule has 2 aromatic heterocycles. The first kappa shape index (κ1) is 23.0. The zero-order valence-corrected chi connectivity index (χ0v) is 20.7. The van der Waals surface area contributed by atoms with Gasteiger partial charge in [-0.15, -0.1) is 22.7 Å². The summed E-state index contributed by atoms with van der Waals surface area (Å²) < 4.78 is 0. The highest BCUT2D eigenvalue weighted by atomic mass is 32.1. The van der Waals surface area contributed by atoms with Crippen molar-refractivity contribution in [2.45, 2.75) is 19.8 Å². The van der Waals surface area contributed by atoms with Gasteiger partial charge in [-0.05, 0) is 6.92 Å². The Morgan fingerprint density at radius 2 is 1.74 bits per heavy atom. The monoisotopic (exact) mass is 502 g/mol. The van der Waals surface area contributed by atoms with E-state index in [0.29, 0.717) is 16.0 Å². The summed E-state index contributed by atoms with van der Waals surface area (Å²) in [5, 5.41) is 22.7. The number of carbonyl (C=O) groups is 1. The molecule has 0 bridgehead atoms.